The van der Waals surface area contributed by atoms with Crippen LogP contribution in [0.15, 0.2) is 24.3 Å². The zero-order valence-corrected chi connectivity index (χ0v) is 11.1. The zero-order chi connectivity index (χ0) is 12.8. The predicted octanol–water partition coefficient (Wildman–Crippen LogP) is 3.02. The number of amides is 1. The normalized spacial score (nSPS) is 12.3. The molecule has 1 aromatic rings. The van der Waals surface area contributed by atoms with E-state index in [1.54, 1.807) is 24.3 Å². The van der Waals surface area contributed by atoms with Gasteiger partial charge in [0.25, 0.3) is 5.91 Å². The summed E-state index contributed by atoms with van der Waals surface area (Å²) in [5.74, 6) is 0.567. The molecule has 0 aliphatic rings. The van der Waals surface area contributed by atoms with Crippen LogP contribution in [0.25, 0.3) is 0 Å². The topological polar surface area (TPSA) is 38.3 Å². The number of hydrogen-bond acceptors (Lipinski definition) is 2. The van der Waals surface area contributed by atoms with Crippen molar-refractivity contribution in [1.82, 2.24) is 5.32 Å². The zero-order valence-electron chi connectivity index (χ0n) is 10.4. The molecule has 0 fully saturated rings. The van der Waals surface area contributed by atoms with E-state index < -0.39 is 6.10 Å². The third-order valence-corrected chi connectivity index (χ3v) is 2.44. The molecule has 1 atom stereocenters. The van der Waals surface area contributed by atoms with E-state index in [0.717, 1.165) is 0 Å². The second-order valence-electron chi connectivity index (χ2n) is 4.13. The summed E-state index contributed by atoms with van der Waals surface area (Å²) >= 11 is 5.78. The number of carbonyl (C=O) groups is 1. The lowest BCUT2D eigenvalue weighted by Crippen LogP contribution is -2.41. The van der Waals surface area contributed by atoms with Crippen LogP contribution in [0.4, 0.5) is 0 Å². The molecule has 0 spiro atoms. The summed E-state index contributed by atoms with van der Waals surface area (Å²) < 4.78 is 5.61. The fraction of sp³-hybridized carbons (Fsp3) is 0.462. The SMILES string of the molecule is CC[C@H](Oc1ccc(Cl)cc1)C(=O)NC(C)C. The second-order valence-corrected chi connectivity index (χ2v) is 4.57. The number of carbonyl (C=O) groups excluding carboxylic acids is 1. The summed E-state index contributed by atoms with van der Waals surface area (Å²) in [6.07, 6.45) is 0.167. The first-order chi connectivity index (χ1) is 8.02. The van der Waals surface area contributed by atoms with Crippen molar-refractivity contribution in [3.05, 3.63) is 29.3 Å². The Kier molecular flexibility index (Phi) is 5.29. The molecule has 1 rings (SSSR count). The maximum atomic E-state index is 11.8. The maximum Gasteiger partial charge on any atom is 0.261 e. The molecule has 0 heterocycles. The maximum absolute atomic E-state index is 11.8. The fourth-order valence-electron chi connectivity index (χ4n) is 1.38. The predicted molar refractivity (Wildman–Crippen MR) is 69.4 cm³/mol. The standard InChI is InChI=1S/C13H18ClNO2/c1-4-12(13(16)15-9(2)3)17-11-7-5-10(14)6-8-11/h5-9,12H,4H2,1-3H3,(H,15,16)/t12-/m0/s1. The van der Waals surface area contributed by atoms with Gasteiger partial charge in [-0.1, -0.05) is 18.5 Å². The minimum atomic E-state index is -0.460. The number of benzene rings is 1. The van der Waals surface area contributed by atoms with Crippen LogP contribution in [0.2, 0.25) is 5.02 Å². The highest BCUT2D eigenvalue weighted by Crippen LogP contribution is 2.17. The van der Waals surface area contributed by atoms with Gasteiger partial charge >= 0.3 is 0 Å². The molecule has 0 aromatic heterocycles. The molecule has 94 valence electrons. The Hall–Kier alpha value is -1.22. The van der Waals surface area contributed by atoms with Crippen molar-refractivity contribution in [3.63, 3.8) is 0 Å². The van der Waals surface area contributed by atoms with Crippen LogP contribution in [-0.2, 0) is 4.79 Å². The van der Waals surface area contributed by atoms with Crippen molar-refractivity contribution in [3.8, 4) is 5.75 Å². The molecule has 17 heavy (non-hydrogen) atoms. The molecule has 0 radical (unpaired) electrons. The third-order valence-electron chi connectivity index (χ3n) is 2.19. The van der Waals surface area contributed by atoms with Crippen molar-refractivity contribution in [2.75, 3.05) is 0 Å². The average Bonchev–Trinajstić information content (AvgIpc) is 2.27. The largest absolute Gasteiger partial charge is 0.481 e. The van der Waals surface area contributed by atoms with E-state index in [1.165, 1.54) is 0 Å². The van der Waals surface area contributed by atoms with E-state index in [-0.39, 0.29) is 11.9 Å². The Morgan fingerprint density at radius 2 is 1.94 bits per heavy atom. The Bertz CT molecular complexity index is 362. The van der Waals surface area contributed by atoms with Crippen molar-refractivity contribution < 1.29 is 9.53 Å². The minimum absolute atomic E-state index is 0.0857. The second kappa shape index (κ2) is 6.50. The van der Waals surface area contributed by atoms with Crippen molar-refractivity contribution >= 4 is 17.5 Å². The molecule has 3 nitrogen and oxygen atoms in total. The van der Waals surface area contributed by atoms with Gasteiger partial charge in [0.1, 0.15) is 5.75 Å². The van der Waals surface area contributed by atoms with Gasteiger partial charge in [0, 0.05) is 11.1 Å². The Morgan fingerprint density at radius 1 is 1.35 bits per heavy atom. The molecule has 4 heteroatoms. The van der Waals surface area contributed by atoms with Gasteiger partial charge in [-0.15, -0.1) is 0 Å². The molecular formula is C13H18ClNO2. The Labute approximate surface area is 107 Å². The quantitative estimate of drug-likeness (QED) is 0.878. The van der Waals surface area contributed by atoms with E-state index in [4.69, 9.17) is 16.3 Å². The smallest absolute Gasteiger partial charge is 0.261 e. The Morgan fingerprint density at radius 3 is 2.41 bits per heavy atom. The van der Waals surface area contributed by atoms with E-state index >= 15 is 0 Å². The average molecular weight is 256 g/mol. The molecule has 0 bridgehead atoms. The summed E-state index contributed by atoms with van der Waals surface area (Å²) in [4.78, 5) is 11.8. The highest BCUT2D eigenvalue weighted by molar-refractivity contribution is 6.30. The van der Waals surface area contributed by atoms with E-state index in [2.05, 4.69) is 5.32 Å². The van der Waals surface area contributed by atoms with Gasteiger partial charge in [-0.2, -0.15) is 0 Å². The van der Waals surface area contributed by atoms with Gasteiger partial charge in [0.15, 0.2) is 6.10 Å². The van der Waals surface area contributed by atoms with E-state index in [1.807, 2.05) is 20.8 Å². The molecule has 1 aromatic carbocycles. The number of nitrogens with one attached hydrogen (secondary N) is 1. The van der Waals surface area contributed by atoms with Gasteiger partial charge in [-0.05, 0) is 44.5 Å². The lowest BCUT2D eigenvalue weighted by atomic mass is 10.2. The first-order valence-electron chi connectivity index (χ1n) is 5.75. The lowest BCUT2D eigenvalue weighted by Gasteiger charge is -2.18. The number of halogens is 1. The monoisotopic (exact) mass is 255 g/mol. The van der Waals surface area contributed by atoms with Crippen LogP contribution in [0.3, 0.4) is 0 Å². The van der Waals surface area contributed by atoms with Gasteiger partial charge in [-0.3, -0.25) is 4.79 Å². The molecule has 0 saturated heterocycles. The van der Waals surface area contributed by atoms with Crippen LogP contribution < -0.4 is 10.1 Å². The molecule has 0 saturated carbocycles. The third kappa shape index (κ3) is 4.65. The molecule has 0 aliphatic carbocycles. The van der Waals surface area contributed by atoms with Gasteiger partial charge in [0.05, 0.1) is 0 Å². The van der Waals surface area contributed by atoms with Gasteiger partial charge in [-0.25, -0.2) is 0 Å². The molecular weight excluding hydrogens is 238 g/mol. The van der Waals surface area contributed by atoms with Crippen molar-refractivity contribution in [2.24, 2.45) is 0 Å². The van der Waals surface area contributed by atoms with Crippen molar-refractivity contribution in [1.29, 1.82) is 0 Å². The molecule has 1 N–H and O–H groups in total. The van der Waals surface area contributed by atoms with Crippen LogP contribution in [0.5, 0.6) is 5.75 Å². The lowest BCUT2D eigenvalue weighted by molar-refractivity contribution is -0.128. The van der Waals surface area contributed by atoms with Gasteiger partial charge < -0.3 is 10.1 Å². The summed E-state index contributed by atoms with van der Waals surface area (Å²) in [6.45, 7) is 5.76. The van der Waals surface area contributed by atoms with Gasteiger partial charge in [0.2, 0.25) is 0 Å². The highest BCUT2D eigenvalue weighted by atomic mass is 35.5. The first-order valence-corrected chi connectivity index (χ1v) is 6.13. The summed E-state index contributed by atoms with van der Waals surface area (Å²) in [5.41, 5.74) is 0. The van der Waals surface area contributed by atoms with Crippen LogP contribution >= 0.6 is 11.6 Å². The molecule has 1 amide bonds. The number of rotatable bonds is 5. The molecule has 0 unspecified atom stereocenters. The van der Waals surface area contributed by atoms with Crippen LogP contribution in [0.1, 0.15) is 27.2 Å². The van der Waals surface area contributed by atoms with Crippen LogP contribution in [-0.4, -0.2) is 18.1 Å². The number of ether oxygens (including phenoxy) is 1. The summed E-state index contributed by atoms with van der Waals surface area (Å²) in [6, 6.07) is 7.11. The first kappa shape index (κ1) is 13.8. The fourth-order valence-corrected chi connectivity index (χ4v) is 1.50. The molecule has 0 aliphatic heterocycles. The highest BCUT2D eigenvalue weighted by Gasteiger charge is 2.18. The van der Waals surface area contributed by atoms with E-state index in [0.29, 0.717) is 17.2 Å². The summed E-state index contributed by atoms with van der Waals surface area (Å²) in [5, 5.41) is 3.49. The summed E-state index contributed by atoms with van der Waals surface area (Å²) in [7, 11) is 0. The minimum Gasteiger partial charge on any atom is -0.481 e. The van der Waals surface area contributed by atoms with E-state index in [9.17, 15) is 4.79 Å². The van der Waals surface area contributed by atoms with Crippen LogP contribution in [0, 0.1) is 0 Å². The van der Waals surface area contributed by atoms with Crippen molar-refractivity contribution in [2.45, 2.75) is 39.3 Å². The number of hydrogen-bond donors (Lipinski definition) is 1. The Balaban J connectivity index is 2.63.